The van der Waals surface area contributed by atoms with Crippen molar-refractivity contribution in [3.05, 3.63) is 88.9 Å². The fourth-order valence-corrected chi connectivity index (χ4v) is 5.67. The van der Waals surface area contributed by atoms with Crippen molar-refractivity contribution in [1.82, 2.24) is 10.2 Å². The number of halogens is 1. The van der Waals surface area contributed by atoms with Gasteiger partial charge in [-0.05, 0) is 60.5 Å². The van der Waals surface area contributed by atoms with Gasteiger partial charge in [-0.15, -0.1) is 0 Å². The van der Waals surface area contributed by atoms with E-state index >= 15 is 0 Å². The van der Waals surface area contributed by atoms with Crippen molar-refractivity contribution in [2.24, 2.45) is 9.98 Å². The van der Waals surface area contributed by atoms with Crippen molar-refractivity contribution < 1.29 is 19.1 Å². The number of amidine groups is 2. The highest BCUT2D eigenvalue weighted by Gasteiger charge is 2.43. The van der Waals surface area contributed by atoms with Crippen LogP contribution in [-0.2, 0) is 20.9 Å². The molecule has 0 aromatic heterocycles. The standard InChI is InChI=1S/C30H28ClN5O4S/c1-3-25(29(39)33-20-12-10-19(31)11-13-20)41-30-34-23-7-5-4-6-22(23)27-35-28(38)24(36(27)30)16-26(37)32-17-18-8-14-21(40-2)15-9-18/h4-15,24-25H,3,16-17H2,1-2H3,(H,32,37)(H,33,39). The molecular formula is C30H28ClN5O4S. The third kappa shape index (κ3) is 6.44. The Kier molecular flexibility index (Phi) is 8.70. The van der Waals surface area contributed by atoms with Gasteiger partial charge in [0, 0.05) is 22.8 Å². The Labute approximate surface area is 247 Å². The first kappa shape index (κ1) is 28.4. The molecule has 210 valence electrons. The summed E-state index contributed by atoms with van der Waals surface area (Å²) in [4.78, 5) is 50.2. The second kappa shape index (κ2) is 12.6. The van der Waals surface area contributed by atoms with E-state index in [1.807, 2.05) is 55.5 Å². The lowest BCUT2D eigenvalue weighted by molar-refractivity contribution is -0.126. The second-order valence-corrected chi connectivity index (χ2v) is 11.0. The molecule has 0 bridgehead atoms. The molecule has 0 saturated heterocycles. The molecule has 2 aliphatic rings. The first-order valence-electron chi connectivity index (χ1n) is 13.1. The van der Waals surface area contributed by atoms with Crippen molar-refractivity contribution >= 4 is 63.5 Å². The molecule has 0 saturated carbocycles. The number of thioether (sulfide) groups is 1. The van der Waals surface area contributed by atoms with Gasteiger partial charge in [-0.25, -0.2) is 4.99 Å². The molecule has 0 radical (unpaired) electrons. The molecule has 3 aromatic carbocycles. The van der Waals surface area contributed by atoms with E-state index in [1.165, 1.54) is 11.8 Å². The average Bonchev–Trinajstić information content (AvgIpc) is 3.31. The number of rotatable bonds is 9. The van der Waals surface area contributed by atoms with Crippen LogP contribution in [0, 0.1) is 0 Å². The van der Waals surface area contributed by atoms with E-state index in [2.05, 4.69) is 15.6 Å². The zero-order valence-electron chi connectivity index (χ0n) is 22.5. The molecule has 5 rings (SSSR count). The third-order valence-electron chi connectivity index (χ3n) is 6.66. The van der Waals surface area contributed by atoms with Gasteiger partial charge < -0.3 is 15.4 Å². The fraction of sp³-hybridized carbons (Fsp3) is 0.233. The van der Waals surface area contributed by atoms with Gasteiger partial charge in [0.05, 0.1) is 24.5 Å². The average molecular weight is 590 g/mol. The minimum atomic E-state index is -0.877. The number of para-hydroxylation sites is 1. The van der Waals surface area contributed by atoms with E-state index in [4.69, 9.17) is 21.3 Å². The number of benzene rings is 3. The maximum atomic E-state index is 13.2. The van der Waals surface area contributed by atoms with Crippen LogP contribution in [0.5, 0.6) is 5.75 Å². The Morgan fingerprint density at radius 1 is 1.05 bits per heavy atom. The number of carbonyl (C=O) groups excluding carboxylic acids is 3. The van der Waals surface area contributed by atoms with E-state index in [9.17, 15) is 14.4 Å². The van der Waals surface area contributed by atoms with Gasteiger partial charge in [0.1, 0.15) is 17.6 Å². The maximum Gasteiger partial charge on any atom is 0.271 e. The molecule has 2 heterocycles. The van der Waals surface area contributed by atoms with Crippen LogP contribution in [0.4, 0.5) is 11.4 Å². The zero-order valence-corrected chi connectivity index (χ0v) is 24.0. The molecule has 11 heteroatoms. The van der Waals surface area contributed by atoms with E-state index < -0.39 is 17.2 Å². The van der Waals surface area contributed by atoms with Crippen LogP contribution in [-0.4, -0.2) is 52.0 Å². The van der Waals surface area contributed by atoms with Gasteiger partial charge in [0.25, 0.3) is 5.91 Å². The number of nitrogens with one attached hydrogen (secondary N) is 2. The molecule has 41 heavy (non-hydrogen) atoms. The van der Waals surface area contributed by atoms with Crippen molar-refractivity contribution in [1.29, 1.82) is 0 Å². The molecular weight excluding hydrogens is 562 g/mol. The highest BCUT2D eigenvalue weighted by atomic mass is 35.5. The van der Waals surface area contributed by atoms with Crippen LogP contribution >= 0.6 is 23.4 Å². The highest BCUT2D eigenvalue weighted by Crippen LogP contribution is 2.36. The number of aliphatic imine (C=N–C) groups is 2. The van der Waals surface area contributed by atoms with E-state index in [0.29, 0.717) is 45.9 Å². The number of ether oxygens (including phenoxy) is 1. The SMILES string of the molecule is CCC(SC1=Nc2ccccc2C2=NC(=O)C(CC(=O)NCc3ccc(OC)cc3)N12)C(=O)Nc1ccc(Cl)cc1. The number of amides is 3. The summed E-state index contributed by atoms with van der Waals surface area (Å²) in [5.74, 6) is 0.223. The smallest absolute Gasteiger partial charge is 0.271 e. The summed E-state index contributed by atoms with van der Waals surface area (Å²) in [5.41, 5.74) is 2.87. The van der Waals surface area contributed by atoms with Gasteiger partial charge >= 0.3 is 0 Å². The number of fused-ring (bicyclic) bond motifs is 3. The van der Waals surface area contributed by atoms with Gasteiger partial charge in [-0.3, -0.25) is 19.3 Å². The summed E-state index contributed by atoms with van der Waals surface area (Å²) in [5, 5.41) is 6.30. The topological polar surface area (TPSA) is 112 Å². The molecule has 3 amide bonds. The number of nitrogens with zero attached hydrogens (tertiary/aromatic N) is 3. The predicted octanol–water partition coefficient (Wildman–Crippen LogP) is 5.16. The summed E-state index contributed by atoms with van der Waals surface area (Å²) >= 11 is 7.22. The Morgan fingerprint density at radius 3 is 2.49 bits per heavy atom. The minimum absolute atomic E-state index is 0.114. The molecule has 2 aliphatic heterocycles. The Bertz CT molecular complexity index is 1520. The zero-order chi connectivity index (χ0) is 28.9. The summed E-state index contributed by atoms with van der Waals surface area (Å²) in [6, 6.07) is 20.7. The van der Waals surface area contributed by atoms with Crippen molar-refractivity contribution in [2.75, 3.05) is 12.4 Å². The van der Waals surface area contributed by atoms with Crippen molar-refractivity contribution in [2.45, 2.75) is 37.6 Å². The van der Waals surface area contributed by atoms with Crippen molar-refractivity contribution in [3.8, 4) is 5.75 Å². The third-order valence-corrected chi connectivity index (χ3v) is 8.24. The van der Waals surface area contributed by atoms with Gasteiger partial charge in [0.15, 0.2) is 5.17 Å². The molecule has 2 unspecified atom stereocenters. The van der Waals surface area contributed by atoms with Gasteiger partial charge in [0.2, 0.25) is 11.8 Å². The second-order valence-electron chi connectivity index (χ2n) is 9.41. The Hall–Kier alpha value is -4.15. The summed E-state index contributed by atoms with van der Waals surface area (Å²) < 4.78 is 5.18. The lowest BCUT2D eigenvalue weighted by atomic mass is 10.1. The van der Waals surface area contributed by atoms with Crippen LogP contribution in [0.25, 0.3) is 0 Å². The summed E-state index contributed by atoms with van der Waals surface area (Å²) in [7, 11) is 1.59. The summed E-state index contributed by atoms with van der Waals surface area (Å²) in [6.07, 6.45) is 0.392. The lowest BCUT2D eigenvalue weighted by Gasteiger charge is -2.32. The lowest BCUT2D eigenvalue weighted by Crippen LogP contribution is -2.46. The van der Waals surface area contributed by atoms with Crippen LogP contribution in [0.1, 0.15) is 30.9 Å². The quantitative estimate of drug-likeness (QED) is 0.356. The molecule has 0 fully saturated rings. The molecule has 2 atom stereocenters. The predicted molar refractivity (Wildman–Crippen MR) is 162 cm³/mol. The van der Waals surface area contributed by atoms with Crippen molar-refractivity contribution in [3.63, 3.8) is 0 Å². The number of hydrogen-bond acceptors (Lipinski definition) is 7. The number of methoxy groups -OCH3 is 1. The normalized spacial score (nSPS) is 16.2. The van der Waals surface area contributed by atoms with Crippen LogP contribution < -0.4 is 15.4 Å². The van der Waals surface area contributed by atoms with E-state index in [0.717, 1.165) is 11.3 Å². The molecule has 0 aliphatic carbocycles. The molecule has 2 N–H and O–H groups in total. The Balaban J connectivity index is 1.34. The van der Waals surface area contributed by atoms with E-state index in [-0.39, 0.29) is 18.2 Å². The van der Waals surface area contributed by atoms with Gasteiger partial charge in [-0.1, -0.05) is 54.6 Å². The molecule has 0 spiro atoms. The number of carbonyl (C=O) groups is 3. The van der Waals surface area contributed by atoms with Crippen LogP contribution in [0.3, 0.4) is 0 Å². The Morgan fingerprint density at radius 2 is 1.78 bits per heavy atom. The fourth-order valence-electron chi connectivity index (χ4n) is 4.48. The molecule has 9 nitrogen and oxygen atoms in total. The maximum absolute atomic E-state index is 13.2. The highest BCUT2D eigenvalue weighted by molar-refractivity contribution is 8.15. The largest absolute Gasteiger partial charge is 0.497 e. The monoisotopic (exact) mass is 589 g/mol. The van der Waals surface area contributed by atoms with Crippen LogP contribution in [0.15, 0.2) is 82.8 Å². The van der Waals surface area contributed by atoms with Gasteiger partial charge in [-0.2, -0.15) is 4.99 Å². The van der Waals surface area contributed by atoms with Crippen LogP contribution in [0.2, 0.25) is 5.02 Å². The first-order chi connectivity index (χ1) is 19.9. The first-order valence-corrected chi connectivity index (χ1v) is 14.3. The molecule has 3 aromatic rings. The number of hydrogen-bond donors (Lipinski definition) is 2. The van der Waals surface area contributed by atoms with E-state index in [1.54, 1.807) is 36.3 Å². The summed E-state index contributed by atoms with van der Waals surface area (Å²) in [6.45, 7) is 2.21. The number of anilines is 1. The minimum Gasteiger partial charge on any atom is -0.497 e.